The van der Waals surface area contributed by atoms with Crippen molar-refractivity contribution in [3.8, 4) is 0 Å². The van der Waals surface area contributed by atoms with E-state index < -0.39 is 20.9 Å². The average Bonchev–Trinajstić information content (AvgIpc) is 2.42. The van der Waals surface area contributed by atoms with Crippen LogP contribution in [-0.2, 0) is 27.6 Å². The van der Waals surface area contributed by atoms with E-state index in [-0.39, 0.29) is 12.2 Å². The summed E-state index contributed by atoms with van der Waals surface area (Å²) in [5.74, 6) is -0.768. The third-order valence-electron chi connectivity index (χ3n) is 2.07. The molecule has 9 heteroatoms. The maximum Gasteiger partial charge on any atom is 0.529 e. The zero-order valence-corrected chi connectivity index (χ0v) is 12.6. The van der Waals surface area contributed by atoms with Crippen LogP contribution in [0.2, 0.25) is 0 Å². The van der Waals surface area contributed by atoms with Crippen molar-refractivity contribution in [2.75, 3.05) is 27.9 Å². The standard InChI is InChI=1S/C10H19NO7Si/c1-6-17-10(13)11-18-9(12)8(2)7-19(14-3,15-4)16-5/h7H,6H2,1-5H3,(H,11,13). The molecule has 8 nitrogen and oxygen atoms in total. The molecule has 0 saturated carbocycles. The number of carbonyl (C=O) groups is 2. The molecule has 19 heavy (non-hydrogen) atoms. The zero-order valence-electron chi connectivity index (χ0n) is 11.6. The number of hydrogen-bond donors (Lipinski definition) is 1. The van der Waals surface area contributed by atoms with E-state index in [1.807, 2.05) is 5.48 Å². The third kappa shape index (κ3) is 5.83. The first-order chi connectivity index (χ1) is 8.94. The maximum atomic E-state index is 11.6. The van der Waals surface area contributed by atoms with Gasteiger partial charge in [0.15, 0.2) is 0 Å². The molecule has 0 aliphatic heterocycles. The van der Waals surface area contributed by atoms with Gasteiger partial charge in [-0.3, -0.25) is 0 Å². The average molecular weight is 293 g/mol. The summed E-state index contributed by atoms with van der Waals surface area (Å²) >= 11 is 0. The molecule has 0 bridgehead atoms. The third-order valence-corrected chi connectivity index (χ3v) is 4.56. The summed E-state index contributed by atoms with van der Waals surface area (Å²) in [6, 6.07) is 0. The molecule has 110 valence electrons. The molecule has 0 fully saturated rings. The van der Waals surface area contributed by atoms with Gasteiger partial charge in [0.05, 0.1) is 6.61 Å². The Balaban J connectivity index is 4.58. The summed E-state index contributed by atoms with van der Waals surface area (Å²) in [4.78, 5) is 27.0. The Morgan fingerprint density at radius 3 is 2.11 bits per heavy atom. The summed E-state index contributed by atoms with van der Waals surface area (Å²) in [6.07, 6.45) is -0.850. The van der Waals surface area contributed by atoms with Gasteiger partial charge in [-0.05, 0) is 19.5 Å². The summed E-state index contributed by atoms with van der Waals surface area (Å²) < 4.78 is 19.9. The molecule has 1 N–H and O–H groups in total. The fraction of sp³-hybridized carbons (Fsp3) is 0.600. The van der Waals surface area contributed by atoms with Crippen LogP contribution in [0.5, 0.6) is 0 Å². The topological polar surface area (TPSA) is 92.3 Å². The van der Waals surface area contributed by atoms with Gasteiger partial charge in [0.2, 0.25) is 0 Å². The molecule has 0 saturated heterocycles. The van der Waals surface area contributed by atoms with Crippen molar-refractivity contribution in [3.05, 3.63) is 11.3 Å². The molecule has 0 heterocycles. The minimum atomic E-state index is -3.02. The Hall–Kier alpha value is -1.42. The van der Waals surface area contributed by atoms with E-state index in [1.165, 1.54) is 34.0 Å². The number of hydroxylamine groups is 1. The molecule has 0 unspecified atom stereocenters. The van der Waals surface area contributed by atoms with Crippen molar-refractivity contribution < 1.29 is 32.4 Å². The van der Waals surface area contributed by atoms with Crippen LogP contribution in [0.15, 0.2) is 11.3 Å². The SMILES string of the molecule is CCOC(=O)NOC(=O)C(C)=C[Si](OC)(OC)OC. The molecule has 0 atom stereocenters. The number of amides is 1. The van der Waals surface area contributed by atoms with Gasteiger partial charge in [0.25, 0.3) is 0 Å². The first kappa shape index (κ1) is 17.6. The largest absolute Gasteiger partial charge is 0.529 e. The first-order valence-electron chi connectivity index (χ1n) is 5.43. The lowest BCUT2D eigenvalue weighted by Crippen LogP contribution is -2.42. The minimum absolute atomic E-state index is 0.172. The Morgan fingerprint density at radius 1 is 1.16 bits per heavy atom. The van der Waals surface area contributed by atoms with E-state index in [0.29, 0.717) is 0 Å². The van der Waals surface area contributed by atoms with Gasteiger partial charge in [0, 0.05) is 26.9 Å². The van der Waals surface area contributed by atoms with E-state index in [4.69, 9.17) is 13.3 Å². The number of hydrogen-bond acceptors (Lipinski definition) is 7. The second-order valence-electron chi connectivity index (χ2n) is 3.26. The highest BCUT2D eigenvalue weighted by atomic mass is 28.4. The van der Waals surface area contributed by atoms with Crippen LogP contribution in [-0.4, -0.2) is 48.8 Å². The molecule has 0 aromatic rings. The van der Waals surface area contributed by atoms with Crippen molar-refractivity contribution in [1.29, 1.82) is 0 Å². The second kappa shape index (κ2) is 8.64. The molecular formula is C10H19NO7Si. The first-order valence-corrected chi connectivity index (χ1v) is 7.23. The van der Waals surface area contributed by atoms with Gasteiger partial charge in [-0.25, -0.2) is 9.59 Å². The molecule has 0 aromatic carbocycles. The summed E-state index contributed by atoms with van der Waals surface area (Å²) in [6.45, 7) is 3.28. The number of rotatable bonds is 6. The summed E-state index contributed by atoms with van der Waals surface area (Å²) in [5.41, 5.74) is 3.43. The van der Waals surface area contributed by atoms with Crippen molar-refractivity contribution in [3.63, 3.8) is 0 Å². The quantitative estimate of drug-likeness (QED) is 0.434. The fourth-order valence-electron chi connectivity index (χ4n) is 1.08. The van der Waals surface area contributed by atoms with Gasteiger partial charge < -0.3 is 22.9 Å². The van der Waals surface area contributed by atoms with E-state index in [2.05, 4.69) is 9.57 Å². The summed E-state index contributed by atoms with van der Waals surface area (Å²) in [5, 5.41) is 0. The smallest absolute Gasteiger partial charge is 0.448 e. The monoisotopic (exact) mass is 293 g/mol. The van der Waals surface area contributed by atoms with Crippen LogP contribution in [0.1, 0.15) is 13.8 Å². The van der Waals surface area contributed by atoms with Gasteiger partial charge in [0.1, 0.15) is 0 Å². The van der Waals surface area contributed by atoms with Crippen LogP contribution < -0.4 is 5.48 Å². The lowest BCUT2D eigenvalue weighted by molar-refractivity contribution is -0.144. The van der Waals surface area contributed by atoms with E-state index in [9.17, 15) is 9.59 Å². The Kier molecular flexibility index (Phi) is 7.99. The summed E-state index contributed by atoms with van der Waals surface area (Å²) in [7, 11) is 1.20. The molecule has 0 aromatic heterocycles. The van der Waals surface area contributed by atoms with E-state index in [0.717, 1.165) is 0 Å². The van der Waals surface area contributed by atoms with E-state index in [1.54, 1.807) is 6.92 Å². The number of ether oxygens (including phenoxy) is 1. The fourth-order valence-corrected chi connectivity index (χ4v) is 2.58. The molecule has 0 aliphatic carbocycles. The minimum Gasteiger partial charge on any atom is -0.448 e. The lowest BCUT2D eigenvalue weighted by atomic mass is 10.4. The van der Waals surface area contributed by atoms with Gasteiger partial charge >= 0.3 is 20.9 Å². The number of carbonyl (C=O) groups excluding carboxylic acids is 2. The molecular weight excluding hydrogens is 274 g/mol. The molecule has 0 radical (unpaired) electrons. The lowest BCUT2D eigenvalue weighted by Gasteiger charge is -2.21. The highest BCUT2D eigenvalue weighted by Gasteiger charge is 2.36. The molecule has 0 aliphatic rings. The van der Waals surface area contributed by atoms with Gasteiger partial charge in [-0.2, -0.15) is 0 Å². The zero-order chi connectivity index (χ0) is 14.9. The van der Waals surface area contributed by atoms with Crippen molar-refractivity contribution in [1.82, 2.24) is 5.48 Å². The molecule has 0 spiro atoms. The molecule has 0 rings (SSSR count). The normalized spacial score (nSPS) is 11.9. The van der Waals surface area contributed by atoms with E-state index >= 15 is 0 Å². The van der Waals surface area contributed by atoms with Crippen molar-refractivity contribution in [2.24, 2.45) is 0 Å². The highest BCUT2D eigenvalue weighted by molar-refractivity contribution is 6.66. The van der Waals surface area contributed by atoms with Crippen LogP contribution >= 0.6 is 0 Å². The van der Waals surface area contributed by atoms with Crippen LogP contribution in [0.25, 0.3) is 0 Å². The van der Waals surface area contributed by atoms with Crippen molar-refractivity contribution >= 4 is 20.9 Å². The van der Waals surface area contributed by atoms with Crippen LogP contribution in [0, 0.1) is 0 Å². The van der Waals surface area contributed by atoms with Crippen LogP contribution in [0.4, 0.5) is 4.79 Å². The second-order valence-corrected chi connectivity index (χ2v) is 5.98. The predicted molar refractivity (Wildman–Crippen MR) is 66.8 cm³/mol. The van der Waals surface area contributed by atoms with Gasteiger partial charge in [-0.1, -0.05) is 0 Å². The highest BCUT2D eigenvalue weighted by Crippen LogP contribution is 2.11. The van der Waals surface area contributed by atoms with Gasteiger partial charge in [-0.15, -0.1) is 5.48 Å². The van der Waals surface area contributed by atoms with Crippen LogP contribution in [0.3, 0.4) is 0 Å². The number of nitrogens with one attached hydrogen (secondary N) is 1. The Bertz CT molecular complexity index is 333. The predicted octanol–water partition coefficient (Wildman–Crippen LogP) is 0.554. The Labute approximate surface area is 112 Å². The maximum absolute atomic E-state index is 11.6. The van der Waals surface area contributed by atoms with Crippen molar-refractivity contribution in [2.45, 2.75) is 13.8 Å². The molecule has 1 amide bonds. The Morgan fingerprint density at radius 2 is 1.68 bits per heavy atom.